The van der Waals surface area contributed by atoms with E-state index in [0.29, 0.717) is 6.42 Å². The Hall–Kier alpha value is -0.550. The fourth-order valence-corrected chi connectivity index (χ4v) is 1.97. The van der Waals surface area contributed by atoms with Gasteiger partial charge in [-0.1, -0.05) is 25.8 Å². The third-order valence-corrected chi connectivity index (χ3v) is 3.02. The first-order valence-electron chi connectivity index (χ1n) is 7.48. The summed E-state index contributed by atoms with van der Waals surface area (Å²) in [7, 11) is 0. The zero-order chi connectivity index (χ0) is 15.3. The van der Waals surface area contributed by atoms with E-state index < -0.39 is 12.8 Å². The molecule has 1 unspecified atom stereocenters. The molecule has 0 rings (SSSR count). The highest BCUT2D eigenvalue weighted by atomic mass is 19.4. The summed E-state index contributed by atoms with van der Waals surface area (Å²) in [6, 6.07) is 0.256. The van der Waals surface area contributed by atoms with Gasteiger partial charge in [0.1, 0.15) is 6.61 Å². The minimum atomic E-state index is -4.23. The van der Waals surface area contributed by atoms with E-state index in [9.17, 15) is 13.2 Å². The van der Waals surface area contributed by atoms with Gasteiger partial charge in [-0.3, -0.25) is 0 Å². The van der Waals surface area contributed by atoms with Gasteiger partial charge in [0.25, 0.3) is 0 Å². The van der Waals surface area contributed by atoms with Crippen molar-refractivity contribution in [3.63, 3.8) is 0 Å². The van der Waals surface area contributed by atoms with Crippen LogP contribution in [0.2, 0.25) is 0 Å². The molecule has 0 saturated carbocycles. The van der Waals surface area contributed by atoms with Crippen LogP contribution in [0.5, 0.6) is 0 Å². The molecule has 0 bridgehead atoms. The Kier molecular flexibility index (Phi) is 11.9. The number of allylic oxidation sites excluding steroid dienone is 1. The minimum absolute atomic E-state index is 0.160. The first kappa shape index (κ1) is 19.4. The Bertz CT molecular complexity index is 232. The minimum Gasteiger partial charge on any atom is -0.372 e. The highest BCUT2D eigenvalue weighted by Crippen LogP contribution is 2.15. The van der Waals surface area contributed by atoms with Crippen LogP contribution in [0, 0.1) is 0 Å². The van der Waals surface area contributed by atoms with E-state index in [0.717, 1.165) is 45.1 Å². The number of halogens is 3. The molecule has 0 saturated heterocycles. The van der Waals surface area contributed by atoms with Gasteiger partial charge in [-0.25, -0.2) is 0 Å². The van der Waals surface area contributed by atoms with Gasteiger partial charge in [0, 0.05) is 12.6 Å². The van der Waals surface area contributed by atoms with E-state index in [1.54, 1.807) is 0 Å². The Labute approximate surface area is 120 Å². The highest BCUT2D eigenvalue weighted by Gasteiger charge is 2.27. The van der Waals surface area contributed by atoms with Crippen molar-refractivity contribution in [3.8, 4) is 0 Å². The molecule has 2 nitrogen and oxygen atoms in total. The second-order valence-corrected chi connectivity index (χ2v) is 5.03. The smallest absolute Gasteiger partial charge is 0.372 e. The molecule has 0 fully saturated rings. The topological polar surface area (TPSA) is 21.3 Å². The Morgan fingerprint density at radius 1 is 1.20 bits per heavy atom. The Morgan fingerprint density at radius 3 is 2.55 bits per heavy atom. The molecule has 1 atom stereocenters. The first-order chi connectivity index (χ1) is 9.49. The molecule has 0 aliphatic rings. The van der Waals surface area contributed by atoms with E-state index in [2.05, 4.69) is 23.6 Å². The molecule has 0 amide bonds. The molecule has 0 aromatic rings. The van der Waals surface area contributed by atoms with Gasteiger partial charge in [0.15, 0.2) is 0 Å². The van der Waals surface area contributed by atoms with Gasteiger partial charge in [-0.15, -0.1) is 6.58 Å². The third kappa shape index (κ3) is 13.9. The van der Waals surface area contributed by atoms with Crippen LogP contribution in [0.1, 0.15) is 51.9 Å². The highest BCUT2D eigenvalue weighted by molar-refractivity contribution is 4.69. The van der Waals surface area contributed by atoms with E-state index >= 15 is 0 Å². The molecule has 0 heterocycles. The maximum atomic E-state index is 12.0. The summed E-state index contributed by atoms with van der Waals surface area (Å²) in [5.41, 5.74) is 0. The number of rotatable bonds is 13. The first-order valence-corrected chi connectivity index (χ1v) is 7.48. The summed E-state index contributed by atoms with van der Waals surface area (Å²) in [4.78, 5) is 0. The molecule has 20 heavy (non-hydrogen) atoms. The number of alkyl halides is 3. The summed E-state index contributed by atoms with van der Waals surface area (Å²) < 4.78 is 40.5. The molecular weight excluding hydrogens is 267 g/mol. The summed E-state index contributed by atoms with van der Waals surface area (Å²) in [5.74, 6) is 0. The molecule has 1 N–H and O–H groups in total. The maximum absolute atomic E-state index is 12.0. The summed E-state index contributed by atoms with van der Waals surface area (Å²) in [5, 5.41) is 3.38. The number of ether oxygens (including phenoxy) is 1. The van der Waals surface area contributed by atoms with E-state index in [4.69, 9.17) is 0 Å². The van der Waals surface area contributed by atoms with Crippen LogP contribution in [0.3, 0.4) is 0 Å². The van der Waals surface area contributed by atoms with E-state index in [-0.39, 0.29) is 12.6 Å². The van der Waals surface area contributed by atoms with Crippen molar-refractivity contribution in [1.29, 1.82) is 0 Å². The van der Waals surface area contributed by atoms with Crippen molar-refractivity contribution >= 4 is 0 Å². The quantitative estimate of drug-likeness (QED) is 0.400. The van der Waals surface area contributed by atoms with E-state index in [1.807, 2.05) is 6.08 Å². The lowest BCUT2D eigenvalue weighted by molar-refractivity contribution is -0.174. The number of nitrogens with one attached hydrogen (secondary N) is 1. The third-order valence-electron chi connectivity index (χ3n) is 3.02. The van der Waals surface area contributed by atoms with Crippen molar-refractivity contribution < 1.29 is 17.9 Å². The largest absolute Gasteiger partial charge is 0.411 e. The molecule has 0 aromatic carbocycles. The van der Waals surface area contributed by atoms with Crippen LogP contribution < -0.4 is 5.32 Å². The summed E-state index contributed by atoms with van der Waals surface area (Å²) in [6.45, 7) is 5.67. The van der Waals surface area contributed by atoms with Gasteiger partial charge < -0.3 is 10.1 Å². The fraction of sp³-hybridized carbons (Fsp3) is 0.867. The number of hydrogen-bond acceptors (Lipinski definition) is 2. The van der Waals surface area contributed by atoms with Crippen LogP contribution in [0.4, 0.5) is 13.2 Å². The Morgan fingerprint density at radius 2 is 1.95 bits per heavy atom. The monoisotopic (exact) mass is 295 g/mol. The van der Waals surface area contributed by atoms with Crippen LogP contribution in [-0.2, 0) is 4.74 Å². The predicted octanol–water partition coefficient (Wildman–Crippen LogP) is 4.46. The van der Waals surface area contributed by atoms with Crippen LogP contribution >= 0.6 is 0 Å². The van der Waals surface area contributed by atoms with Crippen molar-refractivity contribution in [2.75, 3.05) is 19.8 Å². The normalized spacial score (nSPS) is 13.4. The lowest BCUT2D eigenvalue weighted by atomic mass is 10.0. The van der Waals surface area contributed by atoms with Crippen LogP contribution in [0.25, 0.3) is 0 Å². The number of unbranched alkanes of at least 4 members (excludes halogenated alkanes) is 3. The van der Waals surface area contributed by atoms with Gasteiger partial charge >= 0.3 is 6.18 Å². The van der Waals surface area contributed by atoms with Crippen molar-refractivity contribution in [2.45, 2.75) is 64.1 Å². The average molecular weight is 295 g/mol. The molecule has 120 valence electrons. The summed E-state index contributed by atoms with van der Waals surface area (Å²) in [6.07, 6.45) is 4.74. The fourth-order valence-electron chi connectivity index (χ4n) is 1.97. The standard InChI is InChI=1S/C15H28F3NO/c1-3-5-6-7-8-9-14(19-11-4-2)10-12-20-13-15(16,17)18/h3,14,19H,1,4-13H2,2H3. The second kappa shape index (κ2) is 12.2. The predicted molar refractivity (Wildman–Crippen MR) is 76.9 cm³/mol. The molecule has 0 radical (unpaired) electrons. The van der Waals surface area contributed by atoms with Crippen molar-refractivity contribution in [3.05, 3.63) is 12.7 Å². The number of hydrogen-bond donors (Lipinski definition) is 1. The molecule has 0 spiro atoms. The zero-order valence-electron chi connectivity index (χ0n) is 12.5. The van der Waals surface area contributed by atoms with E-state index in [1.165, 1.54) is 0 Å². The lowest BCUT2D eigenvalue weighted by Gasteiger charge is -2.18. The SMILES string of the molecule is C=CCCCCCC(CCOCC(F)(F)F)NCCC. The second-order valence-electron chi connectivity index (χ2n) is 5.03. The molecule has 0 aromatic heterocycles. The Balaban J connectivity index is 3.75. The molecule has 5 heteroatoms. The van der Waals surface area contributed by atoms with Gasteiger partial charge in [-0.05, 0) is 38.6 Å². The average Bonchev–Trinajstić information content (AvgIpc) is 2.38. The van der Waals surface area contributed by atoms with Crippen molar-refractivity contribution in [1.82, 2.24) is 5.32 Å². The summed E-state index contributed by atoms with van der Waals surface area (Å²) >= 11 is 0. The zero-order valence-corrected chi connectivity index (χ0v) is 12.5. The van der Waals surface area contributed by atoms with Crippen LogP contribution in [-0.4, -0.2) is 32.0 Å². The molecular formula is C15H28F3NO. The lowest BCUT2D eigenvalue weighted by Crippen LogP contribution is -2.31. The van der Waals surface area contributed by atoms with Crippen LogP contribution in [0.15, 0.2) is 12.7 Å². The van der Waals surface area contributed by atoms with Gasteiger partial charge in [-0.2, -0.15) is 13.2 Å². The van der Waals surface area contributed by atoms with Crippen molar-refractivity contribution in [2.24, 2.45) is 0 Å². The maximum Gasteiger partial charge on any atom is 0.411 e. The molecule has 0 aliphatic heterocycles. The molecule has 0 aliphatic carbocycles. The van der Waals surface area contributed by atoms with Gasteiger partial charge in [0.2, 0.25) is 0 Å². The van der Waals surface area contributed by atoms with Gasteiger partial charge in [0.05, 0.1) is 0 Å².